The second kappa shape index (κ2) is 4.22. The summed E-state index contributed by atoms with van der Waals surface area (Å²) in [4.78, 5) is 11.0. The molecule has 70 valence electrons. The molecule has 0 saturated carbocycles. The van der Waals surface area contributed by atoms with Crippen LogP contribution >= 0.6 is 27.5 Å². The summed E-state index contributed by atoms with van der Waals surface area (Å²) in [5, 5.41) is 0.564. The van der Waals surface area contributed by atoms with Gasteiger partial charge in [-0.25, -0.2) is 0 Å². The molecule has 1 aromatic carbocycles. The van der Waals surface area contributed by atoms with Crippen molar-refractivity contribution in [2.45, 2.75) is 13.0 Å². The van der Waals surface area contributed by atoms with Crippen LogP contribution in [0.3, 0.4) is 0 Å². The summed E-state index contributed by atoms with van der Waals surface area (Å²) in [5.41, 5.74) is 6.37. The van der Waals surface area contributed by atoms with Crippen LogP contribution in [-0.4, -0.2) is 5.78 Å². The minimum absolute atomic E-state index is 0.0709. The van der Waals surface area contributed by atoms with Gasteiger partial charge in [-0.3, -0.25) is 4.79 Å². The number of hydrogen-bond donors (Lipinski definition) is 1. The Hall–Kier alpha value is -0.380. The number of Topliss-reactive ketones (excluding diaryl/α,β-unsaturated/α-hetero) is 1. The van der Waals surface area contributed by atoms with E-state index in [0.717, 1.165) is 10.0 Å². The number of benzene rings is 1. The first-order valence-corrected chi connectivity index (χ1v) is 4.90. The lowest BCUT2D eigenvalue weighted by Gasteiger charge is -2.08. The molecule has 1 rings (SSSR count). The molecule has 0 saturated heterocycles. The average Bonchev–Trinajstić information content (AvgIpc) is 2.08. The second-order valence-corrected chi connectivity index (χ2v) is 4.02. The minimum atomic E-state index is -0.578. The molecular formula is C9H9BrClNO. The number of carbonyl (C=O) groups excluding carboxylic acids is 1. The Labute approximate surface area is 90.2 Å². The Kier molecular flexibility index (Phi) is 3.47. The molecule has 0 aliphatic carbocycles. The molecule has 2 N–H and O–H groups in total. The van der Waals surface area contributed by atoms with Gasteiger partial charge in [0.1, 0.15) is 0 Å². The SMILES string of the molecule is CC(=O)C(N)c1ccc(Br)c(Cl)c1. The van der Waals surface area contributed by atoms with Crippen molar-refractivity contribution in [3.8, 4) is 0 Å². The number of rotatable bonds is 2. The molecule has 13 heavy (non-hydrogen) atoms. The van der Waals surface area contributed by atoms with Gasteiger partial charge in [0.15, 0.2) is 5.78 Å². The van der Waals surface area contributed by atoms with Crippen LogP contribution in [0.15, 0.2) is 22.7 Å². The molecule has 2 nitrogen and oxygen atoms in total. The summed E-state index contributed by atoms with van der Waals surface area (Å²) in [5.74, 6) is -0.0709. The molecule has 1 aromatic rings. The molecule has 0 bridgehead atoms. The van der Waals surface area contributed by atoms with Crippen molar-refractivity contribution in [3.05, 3.63) is 33.3 Å². The van der Waals surface area contributed by atoms with E-state index in [-0.39, 0.29) is 5.78 Å². The molecule has 0 heterocycles. The van der Waals surface area contributed by atoms with Crippen molar-refractivity contribution in [2.24, 2.45) is 5.73 Å². The number of carbonyl (C=O) groups is 1. The van der Waals surface area contributed by atoms with Gasteiger partial charge in [-0.05, 0) is 40.5 Å². The number of hydrogen-bond acceptors (Lipinski definition) is 2. The normalized spacial score (nSPS) is 12.6. The van der Waals surface area contributed by atoms with Gasteiger partial charge in [0, 0.05) is 4.47 Å². The van der Waals surface area contributed by atoms with E-state index in [0.29, 0.717) is 5.02 Å². The lowest BCUT2D eigenvalue weighted by atomic mass is 10.1. The molecule has 1 atom stereocenters. The zero-order chi connectivity index (χ0) is 10.0. The summed E-state index contributed by atoms with van der Waals surface area (Å²) in [6.07, 6.45) is 0. The first-order chi connectivity index (χ1) is 6.02. The molecule has 0 aromatic heterocycles. The van der Waals surface area contributed by atoms with Crippen molar-refractivity contribution in [1.29, 1.82) is 0 Å². The standard InChI is InChI=1S/C9H9BrClNO/c1-5(13)9(12)6-2-3-7(10)8(11)4-6/h2-4,9H,12H2,1H3. The fourth-order valence-corrected chi connectivity index (χ4v) is 1.38. The first kappa shape index (κ1) is 10.7. The summed E-state index contributed by atoms with van der Waals surface area (Å²) < 4.78 is 0.800. The van der Waals surface area contributed by atoms with Gasteiger partial charge >= 0.3 is 0 Å². The van der Waals surface area contributed by atoms with Crippen molar-refractivity contribution >= 4 is 33.3 Å². The number of ketones is 1. The topological polar surface area (TPSA) is 43.1 Å². The minimum Gasteiger partial charge on any atom is -0.318 e. The van der Waals surface area contributed by atoms with Crippen LogP contribution in [-0.2, 0) is 4.79 Å². The predicted molar refractivity (Wildman–Crippen MR) is 56.8 cm³/mol. The third kappa shape index (κ3) is 2.53. The Balaban J connectivity index is 3.03. The van der Waals surface area contributed by atoms with Crippen molar-refractivity contribution < 1.29 is 4.79 Å². The second-order valence-electron chi connectivity index (χ2n) is 2.76. The lowest BCUT2D eigenvalue weighted by molar-refractivity contribution is -0.118. The zero-order valence-corrected chi connectivity index (χ0v) is 9.39. The summed E-state index contributed by atoms with van der Waals surface area (Å²) >= 11 is 9.11. The Morgan fingerprint density at radius 1 is 1.62 bits per heavy atom. The summed E-state index contributed by atoms with van der Waals surface area (Å²) in [6, 6.07) is 4.67. The maximum Gasteiger partial charge on any atom is 0.150 e. The smallest absolute Gasteiger partial charge is 0.150 e. The maximum absolute atomic E-state index is 11.0. The quantitative estimate of drug-likeness (QED) is 0.890. The summed E-state index contributed by atoms with van der Waals surface area (Å²) in [6.45, 7) is 1.46. The Morgan fingerprint density at radius 2 is 2.23 bits per heavy atom. The van der Waals surface area contributed by atoms with Crippen LogP contribution in [0.5, 0.6) is 0 Å². The average molecular weight is 263 g/mol. The monoisotopic (exact) mass is 261 g/mol. The molecule has 4 heteroatoms. The highest BCUT2D eigenvalue weighted by Gasteiger charge is 2.11. The van der Waals surface area contributed by atoms with Gasteiger partial charge in [0.25, 0.3) is 0 Å². The van der Waals surface area contributed by atoms with Crippen LogP contribution < -0.4 is 5.73 Å². The van der Waals surface area contributed by atoms with E-state index in [9.17, 15) is 4.79 Å². The zero-order valence-electron chi connectivity index (χ0n) is 7.05. The van der Waals surface area contributed by atoms with Crippen LogP contribution in [0.25, 0.3) is 0 Å². The maximum atomic E-state index is 11.0. The number of halogens is 2. The molecule has 0 aliphatic rings. The third-order valence-corrected chi connectivity index (χ3v) is 2.97. The van der Waals surface area contributed by atoms with E-state index in [4.69, 9.17) is 17.3 Å². The Morgan fingerprint density at radius 3 is 2.69 bits per heavy atom. The fraction of sp³-hybridized carbons (Fsp3) is 0.222. The summed E-state index contributed by atoms with van der Waals surface area (Å²) in [7, 11) is 0. The third-order valence-electron chi connectivity index (χ3n) is 1.74. The van der Waals surface area contributed by atoms with Crippen molar-refractivity contribution in [1.82, 2.24) is 0 Å². The highest BCUT2D eigenvalue weighted by Crippen LogP contribution is 2.25. The highest BCUT2D eigenvalue weighted by molar-refractivity contribution is 9.10. The van der Waals surface area contributed by atoms with Crippen LogP contribution in [0.2, 0.25) is 5.02 Å². The van der Waals surface area contributed by atoms with Crippen LogP contribution in [0.4, 0.5) is 0 Å². The molecule has 0 spiro atoms. The van der Waals surface area contributed by atoms with E-state index in [1.165, 1.54) is 6.92 Å². The first-order valence-electron chi connectivity index (χ1n) is 3.73. The van der Waals surface area contributed by atoms with Crippen LogP contribution in [0, 0.1) is 0 Å². The van der Waals surface area contributed by atoms with Gasteiger partial charge in [-0.1, -0.05) is 17.7 Å². The van der Waals surface area contributed by atoms with Gasteiger partial charge in [0.2, 0.25) is 0 Å². The Bertz CT molecular complexity index is 340. The molecule has 0 amide bonds. The van der Waals surface area contributed by atoms with E-state index in [1.807, 2.05) is 0 Å². The highest BCUT2D eigenvalue weighted by atomic mass is 79.9. The van der Waals surface area contributed by atoms with Gasteiger partial charge in [-0.2, -0.15) is 0 Å². The molecule has 0 radical (unpaired) electrons. The van der Waals surface area contributed by atoms with E-state index >= 15 is 0 Å². The predicted octanol–water partition coefficient (Wildman–Crippen LogP) is 2.69. The van der Waals surface area contributed by atoms with Crippen LogP contribution in [0.1, 0.15) is 18.5 Å². The largest absolute Gasteiger partial charge is 0.318 e. The molecular weight excluding hydrogens is 253 g/mol. The molecule has 0 aliphatic heterocycles. The molecule has 1 unspecified atom stereocenters. The fourth-order valence-electron chi connectivity index (χ4n) is 0.941. The van der Waals surface area contributed by atoms with E-state index in [1.54, 1.807) is 18.2 Å². The van der Waals surface area contributed by atoms with Gasteiger partial charge in [-0.15, -0.1) is 0 Å². The van der Waals surface area contributed by atoms with Gasteiger partial charge < -0.3 is 5.73 Å². The van der Waals surface area contributed by atoms with Crippen molar-refractivity contribution in [2.75, 3.05) is 0 Å². The number of nitrogens with two attached hydrogens (primary N) is 1. The lowest BCUT2D eigenvalue weighted by Crippen LogP contribution is -2.18. The van der Waals surface area contributed by atoms with Crippen molar-refractivity contribution in [3.63, 3.8) is 0 Å². The van der Waals surface area contributed by atoms with E-state index < -0.39 is 6.04 Å². The van der Waals surface area contributed by atoms with Gasteiger partial charge in [0.05, 0.1) is 11.1 Å². The van der Waals surface area contributed by atoms with E-state index in [2.05, 4.69) is 15.9 Å². The molecule has 0 fully saturated rings.